The van der Waals surface area contributed by atoms with Crippen molar-refractivity contribution in [1.29, 1.82) is 0 Å². The van der Waals surface area contributed by atoms with Gasteiger partial charge in [0.1, 0.15) is 11.6 Å². The summed E-state index contributed by atoms with van der Waals surface area (Å²) in [4.78, 5) is 15.4. The van der Waals surface area contributed by atoms with Gasteiger partial charge in [-0.2, -0.15) is 0 Å². The van der Waals surface area contributed by atoms with Crippen molar-refractivity contribution in [1.82, 2.24) is 0 Å². The molecule has 0 spiro atoms. The summed E-state index contributed by atoms with van der Waals surface area (Å²) in [6.07, 6.45) is 0.360. The Labute approximate surface area is 162 Å². The Balaban J connectivity index is 1.92. The van der Waals surface area contributed by atoms with E-state index < -0.39 is 11.6 Å². The minimum Gasteiger partial charge on any atom is -0.307 e. The van der Waals surface area contributed by atoms with Crippen LogP contribution in [0.4, 0.5) is 14.5 Å². The number of hydrogen-bond donors (Lipinski definition) is 0. The lowest BCUT2D eigenvalue weighted by Gasteiger charge is -2.23. The largest absolute Gasteiger partial charge is 0.307 e. The van der Waals surface area contributed by atoms with Crippen molar-refractivity contribution in [2.45, 2.75) is 26.8 Å². The number of anilines is 1. The summed E-state index contributed by atoms with van der Waals surface area (Å²) in [7, 11) is 0. The topological polar surface area (TPSA) is 20.3 Å². The molecule has 0 radical (unpaired) electrons. The van der Waals surface area contributed by atoms with E-state index in [-0.39, 0.29) is 18.4 Å². The highest BCUT2D eigenvalue weighted by Gasteiger charge is 2.20. The molecule has 0 N–H and O–H groups in total. The lowest BCUT2D eigenvalue weighted by molar-refractivity contribution is -0.119. The Bertz CT molecular complexity index is 921. The van der Waals surface area contributed by atoms with Crippen LogP contribution in [0.1, 0.15) is 25.8 Å². The van der Waals surface area contributed by atoms with Crippen LogP contribution in [-0.4, -0.2) is 5.91 Å². The minimum atomic E-state index is -0.643. The van der Waals surface area contributed by atoms with Gasteiger partial charge in [0.05, 0.1) is 12.2 Å². The first-order valence-electron chi connectivity index (χ1n) is 8.82. The van der Waals surface area contributed by atoms with E-state index in [9.17, 15) is 13.6 Å². The molecule has 0 unspecified atom stereocenters. The van der Waals surface area contributed by atoms with Gasteiger partial charge in [-0.25, -0.2) is 8.78 Å². The summed E-state index contributed by atoms with van der Waals surface area (Å²) < 4.78 is 27.4. The first-order valence-corrected chi connectivity index (χ1v) is 9.70. The molecule has 0 saturated heterocycles. The highest BCUT2D eigenvalue weighted by molar-refractivity contribution is 7.14. The van der Waals surface area contributed by atoms with Gasteiger partial charge < -0.3 is 4.90 Å². The molecule has 0 bridgehead atoms. The van der Waals surface area contributed by atoms with Crippen molar-refractivity contribution in [3.63, 3.8) is 0 Å². The van der Waals surface area contributed by atoms with Gasteiger partial charge in [-0.05, 0) is 23.6 Å². The summed E-state index contributed by atoms with van der Waals surface area (Å²) >= 11 is 1.54. The van der Waals surface area contributed by atoms with Crippen LogP contribution in [0.5, 0.6) is 0 Å². The number of hydrogen-bond acceptors (Lipinski definition) is 2. The second-order valence-corrected chi connectivity index (χ2v) is 7.76. The number of thiophene rings is 1. The number of rotatable bonds is 6. The predicted molar refractivity (Wildman–Crippen MR) is 107 cm³/mol. The number of carbonyl (C=O) groups is 1. The lowest BCUT2D eigenvalue weighted by Crippen LogP contribution is -2.31. The minimum absolute atomic E-state index is 0.0721. The molecule has 5 heteroatoms. The summed E-state index contributed by atoms with van der Waals surface area (Å²) in [5, 5.41) is 1.90. The maximum absolute atomic E-state index is 14.1. The number of amides is 1. The highest BCUT2D eigenvalue weighted by atomic mass is 32.1. The number of nitrogens with zero attached hydrogens (tertiary/aromatic N) is 1. The van der Waals surface area contributed by atoms with E-state index in [1.54, 1.807) is 4.90 Å². The fraction of sp³-hybridized carbons (Fsp3) is 0.227. The zero-order valence-electron chi connectivity index (χ0n) is 15.3. The van der Waals surface area contributed by atoms with Crippen LogP contribution in [0, 0.1) is 17.6 Å². The molecule has 1 amide bonds. The van der Waals surface area contributed by atoms with Gasteiger partial charge in [-0.1, -0.05) is 50.2 Å². The van der Waals surface area contributed by atoms with Gasteiger partial charge in [0.25, 0.3) is 0 Å². The van der Waals surface area contributed by atoms with E-state index in [1.165, 1.54) is 23.5 Å². The van der Waals surface area contributed by atoms with Crippen molar-refractivity contribution in [3.05, 3.63) is 77.2 Å². The molecular weight excluding hydrogens is 364 g/mol. The second-order valence-electron chi connectivity index (χ2n) is 6.85. The smallest absolute Gasteiger partial charge is 0.227 e. The fourth-order valence-electron chi connectivity index (χ4n) is 2.82. The third-order valence-corrected chi connectivity index (χ3v) is 5.15. The van der Waals surface area contributed by atoms with Crippen molar-refractivity contribution in [2.75, 3.05) is 4.90 Å². The van der Waals surface area contributed by atoms with Crippen molar-refractivity contribution >= 4 is 22.9 Å². The third-order valence-electron chi connectivity index (χ3n) is 4.18. The van der Waals surface area contributed by atoms with E-state index in [4.69, 9.17) is 0 Å². The molecule has 1 heterocycles. The van der Waals surface area contributed by atoms with Crippen LogP contribution in [0.3, 0.4) is 0 Å². The van der Waals surface area contributed by atoms with Gasteiger partial charge in [0.15, 0.2) is 0 Å². The molecule has 3 aromatic rings. The molecule has 3 rings (SSSR count). The molecule has 27 heavy (non-hydrogen) atoms. The van der Waals surface area contributed by atoms with E-state index in [0.29, 0.717) is 12.0 Å². The average molecular weight is 385 g/mol. The van der Waals surface area contributed by atoms with E-state index >= 15 is 0 Å². The van der Waals surface area contributed by atoms with E-state index in [2.05, 4.69) is 0 Å². The first-order chi connectivity index (χ1) is 12.9. The Hall–Kier alpha value is -2.53. The monoisotopic (exact) mass is 385 g/mol. The predicted octanol–water partition coefficient (Wildman–Crippen LogP) is 6.27. The standard InChI is InChI=1S/C22H21F2NOS/c1-15(2)10-22(26)25(13-17-8-9-18(23)11-20(17)24)19-12-21(27-14-19)16-6-4-3-5-7-16/h3-9,11-12,14-15H,10,13H2,1-2H3. The van der Waals surface area contributed by atoms with Gasteiger partial charge in [0, 0.05) is 28.3 Å². The van der Waals surface area contributed by atoms with Crippen molar-refractivity contribution in [3.8, 4) is 10.4 Å². The molecule has 2 nitrogen and oxygen atoms in total. The zero-order chi connectivity index (χ0) is 19.4. The van der Waals surface area contributed by atoms with Crippen LogP contribution in [-0.2, 0) is 11.3 Å². The van der Waals surface area contributed by atoms with Crippen LogP contribution in [0.2, 0.25) is 0 Å². The molecule has 1 aromatic heterocycles. The molecule has 0 saturated carbocycles. The van der Waals surface area contributed by atoms with Crippen LogP contribution in [0.25, 0.3) is 10.4 Å². The Morgan fingerprint density at radius 3 is 2.48 bits per heavy atom. The summed E-state index contributed by atoms with van der Waals surface area (Å²) in [6, 6.07) is 15.3. The van der Waals surface area contributed by atoms with E-state index in [1.807, 2.05) is 55.6 Å². The highest BCUT2D eigenvalue weighted by Crippen LogP contribution is 2.33. The van der Waals surface area contributed by atoms with Gasteiger partial charge in [-0.3, -0.25) is 4.79 Å². The first kappa shape index (κ1) is 19.2. The summed E-state index contributed by atoms with van der Waals surface area (Å²) in [5.74, 6) is -1.16. The van der Waals surface area contributed by atoms with E-state index in [0.717, 1.165) is 22.2 Å². The second kappa shape index (κ2) is 8.44. The van der Waals surface area contributed by atoms with Gasteiger partial charge >= 0.3 is 0 Å². The molecule has 0 fully saturated rings. The zero-order valence-corrected chi connectivity index (χ0v) is 16.1. The maximum Gasteiger partial charge on any atom is 0.227 e. The molecular formula is C22H21F2NOS. The van der Waals surface area contributed by atoms with Gasteiger partial charge in [0.2, 0.25) is 5.91 Å². The van der Waals surface area contributed by atoms with Crippen molar-refractivity contribution in [2.24, 2.45) is 5.92 Å². The maximum atomic E-state index is 14.1. The normalized spacial score (nSPS) is 11.0. The molecule has 2 aromatic carbocycles. The Morgan fingerprint density at radius 1 is 1.07 bits per heavy atom. The van der Waals surface area contributed by atoms with Crippen LogP contribution >= 0.6 is 11.3 Å². The number of benzene rings is 2. The quantitative estimate of drug-likeness (QED) is 0.489. The summed E-state index contributed by atoms with van der Waals surface area (Å²) in [5.41, 5.74) is 2.09. The lowest BCUT2D eigenvalue weighted by atomic mass is 10.1. The van der Waals surface area contributed by atoms with Crippen molar-refractivity contribution < 1.29 is 13.6 Å². The Morgan fingerprint density at radius 2 is 1.81 bits per heavy atom. The SMILES string of the molecule is CC(C)CC(=O)N(Cc1ccc(F)cc1F)c1csc(-c2ccccc2)c1. The molecule has 0 aliphatic rings. The Kier molecular flexibility index (Phi) is 6.01. The number of halogens is 2. The molecule has 0 aliphatic heterocycles. The molecule has 140 valence electrons. The van der Waals surface area contributed by atoms with Gasteiger partial charge in [-0.15, -0.1) is 11.3 Å². The molecule has 0 aliphatic carbocycles. The fourth-order valence-corrected chi connectivity index (χ4v) is 3.73. The number of carbonyl (C=O) groups excluding carboxylic acids is 1. The van der Waals surface area contributed by atoms with Crippen LogP contribution < -0.4 is 4.90 Å². The molecule has 0 atom stereocenters. The third kappa shape index (κ3) is 4.80. The van der Waals surface area contributed by atoms with Crippen LogP contribution in [0.15, 0.2) is 60.0 Å². The average Bonchev–Trinajstić information content (AvgIpc) is 3.11. The summed E-state index contributed by atoms with van der Waals surface area (Å²) in [6.45, 7) is 4.01.